The Bertz CT molecular complexity index is 16.8. The van der Waals surface area contributed by atoms with Crippen molar-refractivity contribution < 1.29 is 0 Å². The van der Waals surface area contributed by atoms with Gasteiger partial charge in [0.2, 0.25) is 0 Å². The zero-order valence-electron chi connectivity index (χ0n) is 7.56. The van der Waals surface area contributed by atoms with Crippen molar-refractivity contribution in [1.82, 2.24) is 0 Å². The highest BCUT2D eigenvalue weighted by Gasteiger charge is 1.95. The third kappa shape index (κ3) is 24.8. The zero-order chi connectivity index (χ0) is 8.83. The highest BCUT2D eigenvalue weighted by Crippen LogP contribution is 2.15. The van der Waals surface area contributed by atoms with Crippen molar-refractivity contribution in [3.8, 4) is 0 Å². The van der Waals surface area contributed by atoms with Gasteiger partial charge in [0.05, 0.1) is 0 Å². The molecule has 0 saturated heterocycles. The Morgan fingerprint density at radius 2 is 0.600 bits per heavy atom. The van der Waals surface area contributed by atoms with Crippen molar-refractivity contribution in [2.75, 3.05) is 21.1 Å². The Balaban J connectivity index is -0.0000000729. The molecule has 6 N–H and O–H groups in total. The van der Waals surface area contributed by atoms with Crippen molar-refractivity contribution in [3.63, 3.8) is 0 Å². The number of rotatable bonds is 0. The van der Waals surface area contributed by atoms with Crippen molar-refractivity contribution in [2.24, 2.45) is 17.2 Å². The van der Waals surface area contributed by atoms with Crippen LogP contribution >= 0.6 is 0 Å². The summed E-state index contributed by atoms with van der Waals surface area (Å²) >= 11 is 0. The summed E-state index contributed by atoms with van der Waals surface area (Å²) < 4.78 is 0. The molecule has 0 atom stereocenters. The van der Waals surface area contributed by atoms with E-state index >= 15 is 0 Å². The van der Waals surface area contributed by atoms with E-state index in [0.29, 0.717) is 0 Å². The SMILES string of the molecule is C1CCC1.CN.CN.CN. The van der Waals surface area contributed by atoms with Gasteiger partial charge in [0, 0.05) is 0 Å². The standard InChI is InChI=1S/C4H8.3CH5N/c1-2-4-3-1;3*1-2/h1-4H2;3*2H2,1H3. The van der Waals surface area contributed by atoms with Crippen LogP contribution in [0.25, 0.3) is 0 Å². The lowest BCUT2D eigenvalue weighted by molar-refractivity contribution is 0.504. The maximum Gasteiger partial charge on any atom is -0.0195 e. The molecule has 1 aliphatic rings. The second kappa shape index (κ2) is 36.6. The average molecular weight is 149 g/mol. The van der Waals surface area contributed by atoms with Gasteiger partial charge in [0.1, 0.15) is 0 Å². The smallest absolute Gasteiger partial charge is 0.0195 e. The minimum absolute atomic E-state index is 1.50. The Kier molecular flexibility index (Phi) is 60.3. The minimum Gasteiger partial charge on any atom is -0.333 e. The monoisotopic (exact) mass is 149 g/mol. The van der Waals surface area contributed by atoms with Crippen molar-refractivity contribution in [1.29, 1.82) is 0 Å². The van der Waals surface area contributed by atoms with E-state index < -0.39 is 0 Å². The normalized spacial score (nSPS) is 11.4. The maximum atomic E-state index is 4.50. The van der Waals surface area contributed by atoms with E-state index in [4.69, 9.17) is 0 Å². The van der Waals surface area contributed by atoms with Crippen LogP contribution in [0.3, 0.4) is 0 Å². The summed E-state index contributed by atoms with van der Waals surface area (Å²) in [7, 11) is 4.50. The van der Waals surface area contributed by atoms with Gasteiger partial charge in [-0.3, -0.25) is 0 Å². The molecule has 0 aromatic rings. The summed E-state index contributed by atoms with van der Waals surface area (Å²) in [5.41, 5.74) is 13.5. The first-order valence-electron chi connectivity index (χ1n) is 3.73. The summed E-state index contributed by atoms with van der Waals surface area (Å²) in [6.07, 6.45) is 6.00. The molecular formula is C7H23N3. The fourth-order valence-electron chi connectivity index (χ4n) is 0.250. The molecule has 0 aromatic heterocycles. The molecule has 0 spiro atoms. The second-order valence-electron chi connectivity index (χ2n) is 1.41. The average Bonchev–Trinajstić information content (AvgIpc) is 1.96. The van der Waals surface area contributed by atoms with Crippen LogP contribution in [-0.4, -0.2) is 21.1 Å². The molecule has 1 rings (SSSR count). The first-order chi connectivity index (χ1) is 5.00. The fourth-order valence-corrected chi connectivity index (χ4v) is 0.250. The quantitative estimate of drug-likeness (QED) is 0.463. The van der Waals surface area contributed by atoms with Gasteiger partial charge < -0.3 is 17.2 Å². The zero-order valence-corrected chi connectivity index (χ0v) is 7.56. The van der Waals surface area contributed by atoms with E-state index in [1.807, 2.05) is 0 Å². The second-order valence-corrected chi connectivity index (χ2v) is 1.41. The van der Waals surface area contributed by atoms with Gasteiger partial charge in [-0.25, -0.2) is 0 Å². The van der Waals surface area contributed by atoms with Crippen LogP contribution in [0.4, 0.5) is 0 Å². The predicted molar refractivity (Wildman–Crippen MR) is 48.8 cm³/mol. The minimum atomic E-state index is 1.50. The molecular weight excluding hydrogens is 126 g/mol. The Labute approximate surface area is 65.0 Å². The number of hydrogen-bond acceptors (Lipinski definition) is 3. The molecule has 0 heterocycles. The van der Waals surface area contributed by atoms with Crippen LogP contribution in [0.2, 0.25) is 0 Å². The third-order valence-corrected chi connectivity index (χ3v) is 1.000. The fraction of sp³-hybridized carbons (Fsp3) is 1.00. The summed E-state index contributed by atoms with van der Waals surface area (Å²) in [4.78, 5) is 0. The lowest BCUT2D eigenvalue weighted by atomic mass is 10.0. The molecule has 1 saturated carbocycles. The first kappa shape index (κ1) is 16.5. The number of hydrogen-bond donors (Lipinski definition) is 3. The summed E-state index contributed by atoms with van der Waals surface area (Å²) in [6.45, 7) is 0. The van der Waals surface area contributed by atoms with Crippen LogP contribution in [0.1, 0.15) is 25.7 Å². The van der Waals surface area contributed by atoms with Gasteiger partial charge in [0.15, 0.2) is 0 Å². The van der Waals surface area contributed by atoms with Gasteiger partial charge in [-0.1, -0.05) is 25.7 Å². The summed E-state index contributed by atoms with van der Waals surface area (Å²) in [5, 5.41) is 0. The van der Waals surface area contributed by atoms with Gasteiger partial charge >= 0.3 is 0 Å². The van der Waals surface area contributed by atoms with E-state index in [1.54, 1.807) is 0 Å². The van der Waals surface area contributed by atoms with Crippen LogP contribution in [0.15, 0.2) is 0 Å². The molecule has 1 fully saturated rings. The molecule has 0 amide bonds. The lowest BCUT2D eigenvalue weighted by Crippen LogP contribution is -1.85. The van der Waals surface area contributed by atoms with Crippen LogP contribution < -0.4 is 17.2 Å². The molecule has 0 bridgehead atoms. The lowest BCUT2D eigenvalue weighted by Gasteiger charge is -2.05. The summed E-state index contributed by atoms with van der Waals surface area (Å²) in [5.74, 6) is 0. The number of nitrogens with two attached hydrogens (primary N) is 3. The third-order valence-electron chi connectivity index (χ3n) is 1.000. The molecule has 0 radical (unpaired) electrons. The van der Waals surface area contributed by atoms with E-state index in [0.717, 1.165) is 0 Å². The van der Waals surface area contributed by atoms with Crippen LogP contribution in [-0.2, 0) is 0 Å². The Hall–Kier alpha value is -0.120. The molecule has 0 aromatic carbocycles. The van der Waals surface area contributed by atoms with E-state index in [9.17, 15) is 0 Å². The Morgan fingerprint density at radius 3 is 0.600 bits per heavy atom. The predicted octanol–water partition coefficient (Wildman–Crippen LogP) is 0.285. The van der Waals surface area contributed by atoms with Gasteiger partial charge in [0.25, 0.3) is 0 Å². The molecule has 10 heavy (non-hydrogen) atoms. The molecule has 1 aliphatic carbocycles. The van der Waals surface area contributed by atoms with Gasteiger partial charge in [-0.15, -0.1) is 0 Å². The summed E-state index contributed by atoms with van der Waals surface area (Å²) in [6, 6.07) is 0. The topological polar surface area (TPSA) is 78.1 Å². The van der Waals surface area contributed by atoms with Gasteiger partial charge in [-0.2, -0.15) is 0 Å². The maximum absolute atomic E-state index is 4.50. The van der Waals surface area contributed by atoms with Crippen molar-refractivity contribution in [2.45, 2.75) is 25.7 Å². The highest BCUT2D eigenvalue weighted by atomic mass is 14.4. The highest BCUT2D eigenvalue weighted by molar-refractivity contribution is 4.50. The van der Waals surface area contributed by atoms with E-state index in [2.05, 4.69) is 17.2 Å². The van der Waals surface area contributed by atoms with Crippen LogP contribution in [0.5, 0.6) is 0 Å². The van der Waals surface area contributed by atoms with E-state index in [1.165, 1.54) is 46.8 Å². The van der Waals surface area contributed by atoms with E-state index in [-0.39, 0.29) is 0 Å². The van der Waals surface area contributed by atoms with Crippen LogP contribution in [0, 0.1) is 0 Å². The van der Waals surface area contributed by atoms with Crippen molar-refractivity contribution >= 4 is 0 Å². The van der Waals surface area contributed by atoms with Gasteiger partial charge in [-0.05, 0) is 21.1 Å². The molecule has 3 nitrogen and oxygen atoms in total. The molecule has 0 aliphatic heterocycles. The largest absolute Gasteiger partial charge is 0.333 e. The molecule has 0 unspecified atom stereocenters. The first-order valence-corrected chi connectivity index (χ1v) is 3.73. The molecule has 66 valence electrons. The molecule has 3 heteroatoms. The van der Waals surface area contributed by atoms with Crippen molar-refractivity contribution in [3.05, 3.63) is 0 Å². The Morgan fingerprint density at radius 1 is 0.500 bits per heavy atom.